The largest absolute Gasteiger partial charge is 0.321 e. The molecule has 0 atom stereocenters. The van der Waals surface area contributed by atoms with Gasteiger partial charge in [0.2, 0.25) is 0 Å². The Bertz CT molecular complexity index is 840. The number of nitrogens with two attached hydrogens (primary N) is 1. The van der Waals surface area contributed by atoms with Crippen LogP contribution < -0.4 is 14.7 Å². The van der Waals surface area contributed by atoms with Gasteiger partial charge in [0.15, 0.2) is 0 Å². The van der Waals surface area contributed by atoms with Crippen molar-refractivity contribution in [2.24, 2.45) is 5.90 Å². The summed E-state index contributed by atoms with van der Waals surface area (Å²) in [6.45, 7) is 6.34. The Labute approximate surface area is 177 Å². The van der Waals surface area contributed by atoms with Gasteiger partial charge in [-0.05, 0) is 34.7 Å². The van der Waals surface area contributed by atoms with Gasteiger partial charge in [-0.25, -0.2) is 10.3 Å². The fourth-order valence-electron chi connectivity index (χ4n) is 2.65. The molecule has 2 aromatic carbocycles. The Morgan fingerprint density at radius 1 is 1.33 bits per heavy atom. The van der Waals surface area contributed by atoms with Gasteiger partial charge in [-0.15, -0.1) is 0 Å². The first-order valence-corrected chi connectivity index (χ1v) is 9.71. The summed E-state index contributed by atoms with van der Waals surface area (Å²) >= 11 is 8.12. The van der Waals surface area contributed by atoms with E-state index in [0.29, 0.717) is 28.4 Å². The zero-order chi connectivity index (χ0) is 20.2. The molecule has 8 heteroatoms. The molecule has 0 fully saturated rings. The van der Waals surface area contributed by atoms with Crippen LogP contribution in [0.25, 0.3) is 0 Å². The van der Waals surface area contributed by atoms with Gasteiger partial charge >= 0.3 is 0 Å². The summed E-state index contributed by atoms with van der Waals surface area (Å²) in [5.41, 5.74) is 2.09. The molecule has 2 aromatic rings. The fourth-order valence-corrected chi connectivity index (χ4v) is 3.29. The molecule has 0 aromatic heterocycles. The molecule has 27 heavy (non-hydrogen) atoms. The van der Waals surface area contributed by atoms with E-state index in [0.717, 1.165) is 5.56 Å². The van der Waals surface area contributed by atoms with Gasteiger partial charge in [-0.1, -0.05) is 44.5 Å². The number of rotatable bonds is 6. The Balaban J connectivity index is 2.46. The van der Waals surface area contributed by atoms with E-state index in [2.05, 4.69) is 13.7 Å². The molecule has 4 N–H and O–H groups in total. The first-order valence-electron chi connectivity index (χ1n) is 8.25. The first-order chi connectivity index (χ1) is 12.7. The second kappa shape index (κ2) is 9.29. The molecule has 0 aliphatic rings. The van der Waals surface area contributed by atoms with Gasteiger partial charge in [0, 0.05) is 45.7 Å². The normalized spacial score (nSPS) is 11.5. The Hall–Kier alpha value is -1.26. The second-order valence-electron chi connectivity index (χ2n) is 7.08. The summed E-state index contributed by atoms with van der Waals surface area (Å²) in [6.07, 6.45) is 0. The molecule has 0 unspecified atom stereocenters. The number of carbonyl (C=O) groups is 1. The summed E-state index contributed by atoms with van der Waals surface area (Å²) in [5.74, 6) is 4.02. The topological polar surface area (TPSA) is 76.4 Å². The quantitative estimate of drug-likeness (QED) is 0.298. The fraction of sp³-hybridized carbons (Fsp3) is 0.316. The highest BCUT2D eigenvalue weighted by Gasteiger charge is 2.23. The van der Waals surface area contributed by atoms with Crippen molar-refractivity contribution in [3.63, 3.8) is 0 Å². The van der Waals surface area contributed by atoms with Crippen LogP contribution >= 0.6 is 34.5 Å². The van der Waals surface area contributed by atoms with E-state index in [1.165, 1.54) is 6.07 Å². The average Bonchev–Trinajstić information content (AvgIpc) is 2.57. The summed E-state index contributed by atoms with van der Waals surface area (Å²) in [6, 6.07) is 8.27. The zero-order valence-corrected chi connectivity index (χ0v) is 18.2. The number of benzene rings is 2. The molecule has 0 bridgehead atoms. The number of hydrogen-bond donors (Lipinski definition) is 3. The third kappa shape index (κ3) is 5.39. The first kappa shape index (κ1) is 22.0. The van der Waals surface area contributed by atoms with Crippen molar-refractivity contribution < 1.29 is 14.0 Å². The monoisotopic (exact) mass is 505 g/mol. The van der Waals surface area contributed by atoms with Crippen molar-refractivity contribution in [3.8, 4) is 0 Å². The predicted octanol–water partition coefficient (Wildman–Crippen LogP) is 4.86. The molecule has 0 aliphatic heterocycles. The van der Waals surface area contributed by atoms with Crippen LogP contribution in [-0.4, -0.2) is 5.91 Å². The van der Waals surface area contributed by atoms with Crippen molar-refractivity contribution in [1.29, 1.82) is 0 Å². The van der Waals surface area contributed by atoms with E-state index in [1.54, 1.807) is 18.2 Å². The Morgan fingerprint density at radius 3 is 2.63 bits per heavy atom. The van der Waals surface area contributed by atoms with E-state index < -0.39 is 11.7 Å². The number of halogens is 3. The van der Waals surface area contributed by atoms with Crippen molar-refractivity contribution in [2.45, 2.75) is 39.3 Å². The molecular formula is C19H22ClFIN3O2. The van der Waals surface area contributed by atoms with E-state index >= 15 is 0 Å². The minimum Gasteiger partial charge on any atom is -0.321 e. The summed E-state index contributed by atoms with van der Waals surface area (Å²) in [5, 5.41) is 3.12. The van der Waals surface area contributed by atoms with Crippen LogP contribution in [0.2, 0.25) is 5.02 Å². The summed E-state index contributed by atoms with van der Waals surface area (Å²) in [7, 11) is 0. The maximum absolute atomic E-state index is 14.9. The van der Waals surface area contributed by atoms with Crippen molar-refractivity contribution in [2.75, 3.05) is 5.32 Å². The zero-order valence-electron chi connectivity index (χ0n) is 15.3. The third-order valence-electron chi connectivity index (χ3n) is 4.12. The van der Waals surface area contributed by atoms with Crippen LogP contribution in [0.5, 0.6) is 0 Å². The SMILES string of the molecule is CC(C)(C)c1cc(F)c(C(=O)Nc2cccc(Cl)c2CON)c(CNI)c1. The Kier molecular flexibility index (Phi) is 7.58. The van der Waals surface area contributed by atoms with Gasteiger partial charge in [0.05, 0.1) is 12.2 Å². The van der Waals surface area contributed by atoms with Crippen LogP contribution in [0.15, 0.2) is 30.3 Å². The lowest BCUT2D eigenvalue weighted by molar-refractivity contribution is 0.102. The smallest absolute Gasteiger partial charge is 0.258 e. The molecule has 0 radical (unpaired) electrons. The minimum atomic E-state index is -0.569. The second-order valence-corrected chi connectivity index (χ2v) is 8.25. The molecule has 1 amide bonds. The van der Waals surface area contributed by atoms with Gasteiger partial charge in [-0.2, -0.15) is 0 Å². The number of amides is 1. The highest BCUT2D eigenvalue weighted by molar-refractivity contribution is 14.1. The van der Waals surface area contributed by atoms with Crippen LogP contribution in [0.4, 0.5) is 10.1 Å². The van der Waals surface area contributed by atoms with Gasteiger partial charge < -0.3 is 5.32 Å². The number of anilines is 1. The van der Waals surface area contributed by atoms with E-state index in [-0.39, 0.29) is 17.6 Å². The highest BCUT2D eigenvalue weighted by Crippen LogP contribution is 2.29. The third-order valence-corrected chi connectivity index (χ3v) is 4.85. The maximum atomic E-state index is 14.9. The lowest BCUT2D eigenvalue weighted by Crippen LogP contribution is -2.21. The van der Waals surface area contributed by atoms with E-state index in [9.17, 15) is 9.18 Å². The van der Waals surface area contributed by atoms with Gasteiger partial charge in [0.1, 0.15) is 5.82 Å². The summed E-state index contributed by atoms with van der Waals surface area (Å²) < 4.78 is 17.8. The van der Waals surface area contributed by atoms with Crippen molar-refractivity contribution in [1.82, 2.24) is 3.53 Å². The molecule has 5 nitrogen and oxygen atoms in total. The van der Waals surface area contributed by atoms with Crippen LogP contribution in [0.1, 0.15) is 47.8 Å². The molecule has 0 saturated carbocycles. The lowest BCUT2D eigenvalue weighted by Gasteiger charge is -2.22. The standard InChI is InChI=1S/C19H22ClFIN3O2/c1-19(2,3)12-7-11(9-24-22)17(15(21)8-12)18(26)25-16-6-4-5-14(20)13(16)10-27-23/h4-8,24H,9-10,23H2,1-3H3,(H,25,26). The lowest BCUT2D eigenvalue weighted by atomic mass is 9.85. The average molecular weight is 506 g/mol. The van der Waals surface area contributed by atoms with Crippen molar-refractivity contribution >= 4 is 46.1 Å². The highest BCUT2D eigenvalue weighted by atomic mass is 127. The van der Waals surface area contributed by atoms with E-state index in [4.69, 9.17) is 17.5 Å². The van der Waals surface area contributed by atoms with Crippen LogP contribution in [-0.2, 0) is 23.4 Å². The minimum absolute atomic E-state index is 0.00763. The van der Waals surface area contributed by atoms with Crippen LogP contribution in [0.3, 0.4) is 0 Å². The number of nitrogens with one attached hydrogen (secondary N) is 2. The molecule has 0 heterocycles. The maximum Gasteiger partial charge on any atom is 0.258 e. The van der Waals surface area contributed by atoms with Gasteiger partial charge in [0.25, 0.3) is 5.91 Å². The molecule has 146 valence electrons. The Morgan fingerprint density at radius 2 is 2.04 bits per heavy atom. The van der Waals surface area contributed by atoms with E-state index in [1.807, 2.05) is 49.7 Å². The van der Waals surface area contributed by atoms with Gasteiger partial charge in [-0.3, -0.25) is 13.2 Å². The molecule has 0 saturated heterocycles. The molecule has 0 aliphatic carbocycles. The van der Waals surface area contributed by atoms with Crippen LogP contribution in [0, 0.1) is 5.82 Å². The predicted molar refractivity (Wildman–Crippen MR) is 114 cm³/mol. The molecule has 2 rings (SSSR count). The van der Waals surface area contributed by atoms with Crippen molar-refractivity contribution in [3.05, 3.63) is 63.4 Å². The summed E-state index contributed by atoms with van der Waals surface area (Å²) in [4.78, 5) is 17.5. The molecule has 0 spiro atoms. The number of hydrogen-bond acceptors (Lipinski definition) is 4. The molecular weight excluding hydrogens is 484 g/mol. The number of carbonyl (C=O) groups excluding carboxylic acids is 1.